The summed E-state index contributed by atoms with van der Waals surface area (Å²) in [5.41, 5.74) is 6.93. The first-order chi connectivity index (χ1) is 29.1. The lowest BCUT2D eigenvalue weighted by atomic mass is 9.76. The highest BCUT2D eigenvalue weighted by atomic mass is 16.5. The molecule has 0 spiro atoms. The fourth-order valence-corrected chi connectivity index (χ4v) is 8.29. The monoisotopic (exact) mass is 845 g/mol. The Kier molecular flexibility index (Phi) is 18.9. The van der Waals surface area contributed by atoms with Crippen molar-refractivity contribution < 1.29 is 38.3 Å². The molecule has 2 fully saturated rings. The van der Waals surface area contributed by atoms with E-state index in [0.29, 0.717) is 25.7 Å². The van der Waals surface area contributed by atoms with Gasteiger partial charge < -0.3 is 36.6 Å². The number of nitrogens with two attached hydrogens (primary N) is 1. The minimum Gasteiger partial charge on any atom is -0.372 e. The zero-order valence-corrected chi connectivity index (χ0v) is 36.7. The highest BCUT2D eigenvalue weighted by molar-refractivity contribution is 6.38. The third-order valence-corrected chi connectivity index (χ3v) is 11.9. The number of hydrogen-bond donors (Lipinski definition) is 5. The average Bonchev–Trinajstić information content (AvgIpc) is 3.69. The quantitative estimate of drug-likeness (QED) is 0.108. The Morgan fingerprint density at radius 2 is 1.44 bits per heavy atom. The number of carbonyl (C=O) groups is 7. The summed E-state index contributed by atoms with van der Waals surface area (Å²) in [6.07, 6.45) is 6.78. The number of carbonyl (C=O) groups excluding carboxylic acids is 7. The smallest absolute Gasteiger partial charge is 0.290 e. The van der Waals surface area contributed by atoms with Gasteiger partial charge in [0.1, 0.15) is 18.1 Å². The highest BCUT2D eigenvalue weighted by Crippen LogP contribution is 2.33. The summed E-state index contributed by atoms with van der Waals surface area (Å²) in [7, 11) is 0. The van der Waals surface area contributed by atoms with Crippen LogP contribution in [0, 0.1) is 17.3 Å². The third-order valence-electron chi connectivity index (χ3n) is 11.9. The molecule has 14 heteroatoms. The van der Waals surface area contributed by atoms with Crippen LogP contribution in [0.25, 0.3) is 0 Å². The minimum absolute atomic E-state index is 0.0854. The lowest BCUT2D eigenvalue weighted by Crippen LogP contribution is -2.59. The second-order valence-electron chi connectivity index (χ2n) is 17.7. The number of nitrogens with zero attached hydrogens (tertiary/aromatic N) is 1. The lowest BCUT2D eigenvalue weighted by Gasteiger charge is -2.37. The van der Waals surface area contributed by atoms with Crippen LogP contribution in [0.4, 0.5) is 0 Å². The molecular weight excluding hydrogens is 777 g/mol. The fourth-order valence-electron chi connectivity index (χ4n) is 8.29. The molecule has 1 saturated heterocycles. The number of unbranched alkanes of at least 4 members (excludes halogenated alkanes) is 1. The van der Waals surface area contributed by atoms with Crippen molar-refractivity contribution in [2.75, 3.05) is 13.1 Å². The summed E-state index contributed by atoms with van der Waals surface area (Å²) in [6.45, 7) is 9.55. The van der Waals surface area contributed by atoms with E-state index in [4.69, 9.17) is 10.5 Å². The Bertz CT molecular complexity index is 1780. The molecule has 2 aromatic rings. The van der Waals surface area contributed by atoms with Crippen molar-refractivity contribution >= 4 is 41.2 Å². The Morgan fingerprint density at radius 1 is 0.803 bits per heavy atom. The van der Waals surface area contributed by atoms with Crippen molar-refractivity contribution in [2.24, 2.45) is 23.0 Å². The van der Waals surface area contributed by atoms with E-state index in [1.165, 1.54) is 4.90 Å². The minimum atomic E-state index is -1.25. The summed E-state index contributed by atoms with van der Waals surface area (Å²) in [5.74, 6) is -5.24. The van der Waals surface area contributed by atoms with Crippen molar-refractivity contribution in [3.8, 4) is 0 Å². The number of amides is 6. The van der Waals surface area contributed by atoms with Crippen LogP contribution < -0.4 is 27.0 Å². The number of ether oxygens (including phenoxy) is 1. The van der Waals surface area contributed by atoms with E-state index in [-0.39, 0.29) is 43.7 Å². The largest absolute Gasteiger partial charge is 0.372 e. The molecule has 6 N–H and O–H groups in total. The van der Waals surface area contributed by atoms with E-state index in [1.54, 1.807) is 6.92 Å². The summed E-state index contributed by atoms with van der Waals surface area (Å²) in [6, 6.07) is 15.2. The second-order valence-corrected chi connectivity index (χ2v) is 17.7. The molecule has 2 aromatic carbocycles. The van der Waals surface area contributed by atoms with E-state index in [0.717, 1.165) is 49.7 Å². The topological polar surface area (TPSA) is 206 Å². The summed E-state index contributed by atoms with van der Waals surface area (Å²) >= 11 is 0. The van der Waals surface area contributed by atoms with Crippen molar-refractivity contribution in [3.05, 3.63) is 71.8 Å². The predicted molar refractivity (Wildman–Crippen MR) is 232 cm³/mol. The maximum absolute atomic E-state index is 15.0. The van der Waals surface area contributed by atoms with Gasteiger partial charge >= 0.3 is 0 Å². The van der Waals surface area contributed by atoms with Crippen LogP contribution in [-0.4, -0.2) is 89.5 Å². The first kappa shape index (κ1) is 48.6. The number of Topliss-reactive ketones (excluding diaryl/α,β-unsaturated/α-hetero) is 1. The van der Waals surface area contributed by atoms with E-state index in [9.17, 15) is 28.8 Å². The maximum Gasteiger partial charge on any atom is 0.290 e. The van der Waals surface area contributed by atoms with Crippen LogP contribution in [0.5, 0.6) is 0 Å². The zero-order valence-electron chi connectivity index (χ0n) is 36.7. The number of primary amides is 1. The first-order valence-electron chi connectivity index (χ1n) is 22.1. The van der Waals surface area contributed by atoms with Gasteiger partial charge in [0.05, 0.1) is 25.3 Å². The Balaban J connectivity index is 1.56. The molecule has 14 nitrogen and oxygen atoms in total. The van der Waals surface area contributed by atoms with Crippen LogP contribution in [0.3, 0.4) is 0 Å². The third kappa shape index (κ3) is 14.8. The molecule has 1 saturated carbocycles. The molecule has 0 radical (unpaired) electrons. The number of likely N-dealkylation sites (tertiary alicyclic amines) is 1. The van der Waals surface area contributed by atoms with Crippen LogP contribution in [0.1, 0.15) is 116 Å². The maximum atomic E-state index is 15.0. The number of nitrogens with one attached hydrogen (secondary N) is 4. The van der Waals surface area contributed by atoms with Gasteiger partial charge in [0.15, 0.2) is 0 Å². The Morgan fingerprint density at radius 3 is 2.03 bits per heavy atom. The van der Waals surface area contributed by atoms with Crippen molar-refractivity contribution in [1.29, 1.82) is 0 Å². The van der Waals surface area contributed by atoms with E-state index in [2.05, 4.69) is 21.3 Å². The van der Waals surface area contributed by atoms with Gasteiger partial charge in [-0.2, -0.15) is 0 Å². The van der Waals surface area contributed by atoms with Gasteiger partial charge in [-0.05, 0) is 54.6 Å². The Hall–Kier alpha value is -5.11. The molecule has 61 heavy (non-hydrogen) atoms. The molecule has 334 valence electrons. The SMILES string of the molecule is CCCCC(NC(=O)CNC(=O)C(=O)C(CCC)NC(=O)[C@@H]1C[C@@H](OCc2ccccc2)CN1C(=O)C(NC(=O)C(Cc1ccccc1)C(C)(C)C)C1CCCCC1)C(N)=O. The van der Waals surface area contributed by atoms with E-state index in [1.807, 2.05) is 88.4 Å². The normalized spacial score (nSPS) is 18.9. The highest BCUT2D eigenvalue weighted by Gasteiger charge is 2.46. The first-order valence-corrected chi connectivity index (χ1v) is 22.1. The fraction of sp³-hybridized carbons (Fsp3) is 0.596. The Labute approximate surface area is 361 Å². The molecule has 0 bridgehead atoms. The average molecular weight is 845 g/mol. The van der Waals surface area contributed by atoms with Crippen LogP contribution >= 0.6 is 0 Å². The molecule has 4 unspecified atom stereocenters. The molecular formula is C47H68N6O8. The molecule has 6 amide bonds. The molecule has 1 aliphatic heterocycles. The molecule has 6 atom stereocenters. The van der Waals surface area contributed by atoms with Gasteiger partial charge in [0.25, 0.3) is 5.91 Å². The number of hydrogen-bond acceptors (Lipinski definition) is 8. The van der Waals surface area contributed by atoms with Crippen LogP contribution in [-0.2, 0) is 51.3 Å². The molecule has 2 aliphatic rings. The standard InChI is InChI=1S/C47H68N6O8/c1-6-8-25-37(42(48)56)50-39(54)28-49-45(59)41(55)36(18-7-2)51-44(58)38-27-34(61-30-32-21-14-10-15-22-32)29-53(38)46(60)40(33-23-16-11-17-24-33)52-43(57)35(47(3,4)5)26-31-19-12-9-13-20-31/h9-10,12-15,19-22,33-38,40H,6-8,11,16-18,23-30H2,1-5H3,(H2,48,56)(H,49,59)(H,50,54)(H,51,58)(H,52,57)/t34-,35?,36?,37?,38+,40?/m1/s1. The van der Waals surface area contributed by atoms with E-state index >= 15 is 4.79 Å². The van der Waals surface area contributed by atoms with Gasteiger partial charge in [0, 0.05) is 18.9 Å². The van der Waals surface area contributed by atoms with Crippen LogP contribution in [0.2, 0.25) is 0 Å². The van der Waals surface area contributed by atoms with E-state index < -0.39 is 77.6 Å². The molecule has 4 rings (SSSR count). The summed E-state index contributed by atoms with van der Waals surface area (Å²) in [4.78, 5) is 96.2. The van der Waals surface area contributed by atoms with Gasteiger partial charge in [0.2, 0.25) is 35.3 Å². The van der Waals surface area contributed by atoms with Crippen LogP contribution in [0.15, 0.2) is 60.7 Å². The van der Waals surface area contributed by atoms with Gasteiger partial charge in [-0.15, -0.1) is 0 Å². The predicted octanol–water partition coefficient (Wildman–Crippen LogP) is 4.27. The second kappa shape index (κ2) is 23.8. The molecule has 1 heterocycles. The summed E-state index contributed by atoms with van der Waals surface area (Å²) in [5, 5.41) is 10.8. The number of benzene rings is 2. The zero-order chi connectivity index (χ0) is 44.5. The summed E-state index contributed by atoms with van der Waals surface area (Å²) < 4.78 is 6.30. The number of ketones is 1. The lowest BCUT2D eigenvalue weighted by molar-refractivity contribution is -0.145. The van der Waals surface area contributed by atoms with Crippen molar-refractivity contribution in [1.82, 2.24) is 26.2 Å². The van der Waals surface area contributed by atoms with Crippen molar-refractivity contribution in [2.45, 2.75) is 149 Å². The molecule has 0 aromatic heterocycles. The van der Waals surface area contributed by atoms with Gasteiger partial charge in [-0.25, -0.2) is 0 Å². The van der Waals surface area contributed by atoms with Gasteiger partial charge in [-0.3, -0.25) is 33.6 Å². The number of rotatable bonds is 22. The van der Waals surface area contributed by atoms with Crippen molar-refractivity contribution in [3.63, 3.8) is 0 Å². The van der Waals surface area contributed by atoms with Gasteiger partial charge in [-0.1, -0.05) is 134 Å². The molecule has 1 aliphatic carbocycles.